The lowest BCUT2D eigenvalue weighted by atomic mass is 9.89. The summed E-state index contributed by atoms with van der Waals surface area (Å²) in [6.07, 6.45) is -2.01. The standard InChI is InChI=1S/C22H19F3N6O3/c1-12-10-30(2)29-17(12)21(11-26)19(33)28-20(34)31(21)18(32)15-6-4-3-5-14(15)13-7-8-16(27-9-13)22(23,24)25/h3-10H,11,26H2,1-2H3,(H,28,33,34). The average Bonchev–Trinajstić information content (AvgIpc) is 3.27. The molecule has 3 aromatic rings. The minimum Gasteiger partial charge on any atom is -0.327 e. The van der Waals surface area contributed by atoms with E-state index in [4.69, 9.17) is 5.73 Å². The van der Waals surface area contributed by atoms with Crippen LogP contribution in [0, 0.1) is 6.92 Å². The summed E-state index contributed by atoms with van der Waals surface area (Å²) in [4.78, 5) is 43.7. The van der Waals surface area contributed by atoms with E-state index in [1.54, 1.807) is 26.2 Å². The number of hydrogen-bond acceptors (Lipinski definition) is 6. The molecule has 12 heteroatoms. The minimum absolute atomic E-state index is 0.0275. The Morgan fingerprint density at radius 2 is 1.88 bits per heavy atom. The van der Waals surface area contributed by atoms with E-state index in [0.29, 0.717) is 5.56 Å². The minimum atomic E-state index is -4.62. The van der Waals surface area contributed by atoms with Gasteiger partial charge < -0.3 is 5.73 Å². The van der Waals surface area contributed by atoms with E-state index in [-0.39, 0.29) is 22.4 Å². The lowest BCUT2D eigenvalue weighted by molar-refractivity contribution is -0.141. The van der Waals surface area contributed by atoms with Gasteiger partial charge in [0.05, 0.1) is 0 Å². The second-order valence-electron chi connectivity index (χ2n) is 7.77. The molecule has 1 atom stereocenters. The largest absolute Gasteiger partial charge is 0.433 e. The third-order valence-electron chi connectivity index (χ3n) is 5.61. The number of nitrogens with two attached hydrogens (primary N) is 1. The maximum absolute atomic E-state index is 13.7. The SMILES string of the molecule is Cc1cn(C)nc1C1(CN)C(=O)NC(=O)N1C(=O)c1ccccc1-c1ccc(C(F)(F)F)nc1. The van der Waals surface area contributed by atoms with E-state index in [0.717, 1.165) is 17.2 Å². The van der Waals surface area contributed by atoms with E-state index in [2.05, 4.69) is 15.4 Å². The molecule has 0 saturated carbocycles. The molecule has 0 aliphatic carbocycles. The Labute approximate surface area is 191 Å². The van der Waals surface area contributed by atoms with Crippen LogP contribution in [0.3, 0.4) is 0 Å². The fourth-order valence-electron chi connectivity index (χ4n) is 4.07. The summed E-state index contributed by atoms with van der Waals surface area (Å²) >= 11 is 0. The van der Waals surface area contributed by atoms with Crippen LogP contribution in [0.25, 0.3) is 11.1 Å². The number of pyridine rings is 1. The van der Waals surface area contributed by atoms with Crippen LogP contribution in [0.5, 0.6) is 0 Å². The number of amides is 4. The zero-order chi connectivity index (χ0) is 24.8. The molecule has 34 heavy (non-hydrogen) atoms. The lowest BCUT2D eigenvalue weighted by Gasteiger charge is -2.32. The van der Waals surface area contributed by atoms with Gasteiger partial charge in [0.15, 0.2) is 5.54 Å². The summed E-state index contributed by atoms with van der Waals surface area (Å²) in [6.45, 7) is 1.23. The topological polar surface area (TPSA) is 123 Å². The van der Waals surface area contributed by atoms with Crippen LogP contribution in [-0.2, 0) is 23.6 Å². The molecule has 0 radical (unpaired) electrons. The highest BCUT2D eigenvalue weighted by molar-refractivity contribution is 6.19. The summed E-state index contributed by atoms with van der Waals surface area (Å²) in [5, 5.41) is 6.41. The fourth-order valence-corrected chi connectivity index (χ4v) is 4.07. The number of imide groups is 2. The number of carbonyl (C=O) groups excluding carboxylic acids is 3. The third kappa shape index (κ3) is 3.52. The van der Waals surface area contributed by atoms with E-state index >= 15 is 0 Å². The molecule has 1 saturated heterocycles. The Morgan fingerprint density at radius 1 is 1.18 bits per heavy atom. The van der Waals surface area contributed by atoms with Gasteiger partial charge in [-0.25, -0.2) is 9.69 Å². The Balaban J connectivity index is 1.83. The number of urea groups is 1. The molecule has 1 aliphatic heterocycles. The molecule has 176 valence electrons. The lowest BCUT2D eigenvalue weighted by Crippen LogP contribution is -2.55. The van der Waals surface area contributed by atoms with Crippen molar-refractivity contribution in [2.45, 2.75) is 18.6 Å². The van der Waals surface area contributed by atoms with Crippen molar-refractivity contribution in [3.8, 4) is 11.1 Å². The predicted octanol–water partition coefficient (Wildman–Crippen LogP) is 2.36. The maximum Gasteiger partial charge on any atom is 0.433 e. The molecule has 4 rings (SSSR count). The first-order chi connectivity index (χ1) is 16.0. The number of nitrogens with one attached hydrogen (secondary N) is 1. The van der Waals surface area contributed by atoms with Gasteiger partial charge in [0.2, 0.25) is 0 Å². The van der Waals surface area contributed by atoms with Gasteiger partial charge in [-0.3, -0.25) is 24.6 Å². The van der Waals surface area contributed by atoms with Gasteiger partial charge in [0.1, 0.15) is 11.4 Å². The number of benzene rings is 1. The molecule has 0 spiro atoms. The summed E-state index contributed by atoms with van der Waals surface area (Å²) in [7, 11) is 1.62. The highest BCUT2D eigenvalue weighted by Crippen LogP contribution is 2.37. The van der Waals surface area contributed by atoms with Crippen LogP contribution in [0.1, 0.15) is 27.3 Å². The van der Waals surface area contributed by atoms with Crippen LogP contribution in [0.4, 0.5) is 18.0 Å². The molecular weight excluding hydrogens is 453 g/mol. The number of hydrogen-bond donors (Lipinski definition) is 2. The van der Waals surface area contributed by atoms with Gasteiger partial charge in [0, 0.05) is 37.1 Å². The Bertz CT molecular complexity index is 1300. The van der Waals surface area contributed by atoms with Gasteiger partial charge in [-0.15, -0.1) is 0 Å². The highest BCUT2D eigenvalue weighted by Gasteiger charge is 2.58. The summed E-state index contributed by atoms with van der Waals surface area (Å²) in [5.74, 6) is -1.67. The highest BCUT2D eigenvalue weighted by atomic mass is 19.4. The van der Waals surface area contributed by atoms with Gasteiger partial charge in [-0.2, -0.15) is 18.3 Å². The number of nitrogens with zero attached hydrogens (tertiary/aromatic N) is 4. The molecule has 3 heterocycles. The zero-order valence-electron chi connectivity index (χ0n) is 18.1. The first kappa shape index (κ1) is 23.1. The molecule has 1 unspecified atom stereocenters. The summed E-state index contributed by atoms with van der Waals surface area (Å²) in [5.41, 5.74) is 4.08. The van der Waals surface area contributed by atoms with Crippen LogP contribution in [0.15, 0.2) is 48.8 Å². The van der Waals surface area contributed by atoms with Gasteiger partial charge >= 0.3 is 12.2 Å². The number of aromatic nitrogens is 3. The predicted molar refractivity (Wildman–Crippen MR) is 113 cm³/mol. The molecule has 1 aliphatic rings. The van der Waals surface area contributed by atoms with Crippen molar-refractivity contribution in [1.82, 2.24) is 25.0 Å². The molecule has 1 fully saturated rings. The second kappa shape index (κ2) is 8.06. The molecule has 3 N–H and O–H groups in total. The number of halogens is 3. The molecule has 2 aromatic heterocycles. The smallest absolute Gasteiger partial charge is 0.327 e. The normalized spacial score (nSPS) is 18.4. The number of rotatable bonds is 4. The Kier molecular flexibility index (Phi) is 5.48. The monoisotopic (exact) mass is 472 g/mol. The summed E-state index contributed by atoms with van der Waals surface area (Å²) in [6, 6.07) is 7.01. The van der Waals surface area contributed by atoms with Crippen LogP contribution < -0.4 is 11.1 Å². The molecule has 4 amide bonds. The van der Waals surface area contributed by atoms with Crippen molar-refractivity contribution in [1.29, 1.82) is 0 Å². The van der Waals surface area contributed by atoms with Crippen molar-refractivity contribution in [3.05, 3.63) is 71.3 Å². The molecule has 9 nitrogen and oxygen atoms in total. The second-order valence-corrected chi connectivity index (χ2v) is 7.77. The fraction of sp³-hybridized carbons (Fsp3) is 0.227. The van der Waals surface area contributed by atoms with Crippen LogP contribution in [0.2, 0.25) is 0 Å². The van der Waals surface area contributed by atoms with E-state index < -0.39 is 41.8 Å². The Hall–Kier alpha value is -4.06. The van der Waals surface area contributed by atoms with Gasteiger partial charge in [0.25, 0.3) is 11.8 Å². The van der Waals surface area contributed by atoms with Crippen LogP contribution >= 0.6 is 0 Å². The van der Waals surface area contributed by atoms with Crippen molar-refractivity contribution in [2.75, 3.05) is 6.54 Å². The van der Waals surface area contributed by atoms with Crippen molar-refractivity contribution in [3.63, 3.8) is 0 Å². The third-order valence-corrected chi connectivity index (χ3v) is 5.61. The first-order valence-corrected chi connectivity index (χ1v) is 10.0. The van der Waals surface area contributed by atoms with Gasteiger partial charge in [-0.05, 0) is 30.2 Å². The van der Waals surface area contributed by atoms with Crippen LogP contribution in [-0.4, -0.2) is 44.1 Å². The van der Waals surface area contributed by atoms with Crippen molar-refractivity contribution >= 4 is 17.8 Å². The van der Waals surface area contributed by atoms with E-state index in [9.17, 15) is 27.6 Å². The quantitative estimate of drug-likeness (QED) is 0.562. The first-order valence-electron chi connectivity index (χ1n) is 10.0. The average molecular weight is 472 g/mol. The zero-order valence-corrected chi connectivity index (χ0v) is 18.1. The molecule has 1 aromatic carbocycles. The summed E-state index contributed by atoms with van der Waals surface area (Å²) < 4.78 is 40.2. The Morgan fingerprint density at radius 3 is 2.44 bits per heavy atom. The van der Waals surface area contributed by atoms with Crippen molar-refractivity contribution < 1.29 is 27.6 Å². The number of alkyl halides is 3. The number of aryl methyl sites for hydroxylation is 2. The van der Waals surface area contributed by atoms with Gasteiger partial charge in [-0.1, -0.05) is 24.3 Å². The molecule has 0 bridgehead atoms. The van der Waals surface area contributed by atoms with Crippen molar-refractivity contribution in [2.24, 2.45) is 12.8 Å². The maximum atomic E-state index is 13.7. The number of carbonyl (C=O) groups is 3. The van der Waals surface area contributed by atoms with E-state index in [1.807, 2.05) is 0 Å². The van der Waals surface area contributed by atoms with E-state index in [1.165, 1.54) is 28.9 Å². The molecular formula is C22H19F3N6O3.